The summed E-state index contributed by atoms with van der Waals surface area (Å²) in [6.45, 7) is 0. The summed E-state index contributed by atoms with van der Waals surface area (Å²) in [6, 6.07) is 67.2. The normalized spacial score (nSPS) is 16.6. The quantitative estimate of drug-likeness (QED) is 0.161. The Bertz CT molecular complexity index is 2840. The molecule has 1 spiro atoms. The first-order valence-electron chi connectivity index (χ1n) is 19.3. The van der Waals surface area contributed by atoms with E-state index in [1.165, 1.54) is 49.8 Å². The molecule has 0 saturated carbocycles. The van der Waals surface area contributed by atoms with Gasteiger partial charge in [-0.25, -0.2) is 0 Å². The van der Waals surface area contributed by atoms with Crippen LogP contribution in [0.4, 0.5) is 17.1 Å². The SMILES string of the molecule is c1ccc(C(c2cccc3c2[C@@]2(CC3)CCc3cccc(N(c4ccccc4)c4ccc5oc6ccccc6c5c4)c32)c2cccc3ccccc23)cc1. The van der Waals surface area contributed by atoms with Crippen molar-refractivity contribution in [3.05, 3.63) is 221 Å². The van der Waals surface area contributed by atoms with E-state index in [1.807, 2.05) is 6.07 Å². The summed E-state index contributed by atoms with van der Waals surface area (Å²) in [5, 5.41) is 4.89. The number of hydrogen-bond donors (Lipinski definition) is 0. The first kappa shape index (κ1) is 31.2. The summed E-state index contributed by atoms with van der Waals surface area (Å²) in [5.41, 5.74) is 15.4. The molecule has 11 rings (SSSR count). The van der Waals surface area contributed by atoms with Crippen molar-refractivity contribution in [3.63, 3.8) is 0 Å². The van der Waals surface area contributed by atoms with Gasteiger partial charge in [-0.3, -0.25) is 0 Å². The first-order valence-corrected chi connectivity index (χ1v) is 19.3. The van der Waals surface area contributed by atoms with Crippen LogP contribution in [0, 0.1) is 0 Å². The van der Waals surface area contributed by atoms with Crippen LogP contribution in [-0.2, 0) is 18.3 Å². The molecule has 0 saturated heterocycles. The number of anilines is 3. The van der Waals surface area contributed by atoms with Gasteiger partial charge < -0.3 is 9.32 Å². The number of rotatable bonds is 6. The zero-order valence-electron chi connectivity index (χ0n) is 30.1. The maximum absolute atomic E-state index is 6.30. The van der Waals surface area contributed by atoms with E-state index in [1.54, 1.807) is 5.56 Å². The van der Waals surface area contributed by atoms with E-state index in [9.17, 15) is 0 Å². The lowest BCUT2D eigenvalue weighted by Crippen LogP contribution is -2.27. The molecule has 0 bridgehead atoms. The van der Waals surface area contributed by atoms with E-state index in [2.05, 4.69) is 181 Å². The molecular formula is C52H39NO. The summed E-state index contributed by atoms with van der Waals surface area (Å²) < 4.78 is 6.30. The molecule has 9 aromatic rings. The fraction of sp³-hybridized carbons (Fsp3) is 0.115. The molecule has 0 radical (unpaired) electrons. The van der Waals surface area contributed by atoms with Gasteiger partial charge in [-0.05, 0) is 118 Å². The summed E-state index contributed by atoms with van der Waals surface area (Å²) >= 11 is 0. The Morgan fingerprint density at radius 3 is 1.93 bits per heavy atom. The number of nitrogens with zero attached hydrogens (tertiary/aromatic N) is 1. The minimum absolute atomic E-state index is 0.0976. The Morgan fingerprint density at radius 2 is 1.09 bits per heavy atom. The van der Waals surface area contributed by atoms with Crippen LogP contribution in [0.15, 0.2) is 186 Å². The summed E-state index contributed by atoms with van der Waals surface area (Å²) in [7, 11) is 0. The number of furan rings is 1. The van der Waals surface area contributed by atoms with Crippen molar-refractivity contribution < 1.29 is 4.42 Å². The highest BCUT2D eigenvalue weighted by Gasteiger charge is 2.49. The third kappa shape index (κ3) is 4.73. The Labute approximate surface area is 315 Å². The smallest absolute Gasteiger partial charge is 0.135 e. The molecule has 1 aromatic heterocycles. The molecule has 0 aliphatic heterocycles. The number of aryl methyl sites for hydroxylation is 2. The zero-order chi connectivity index (χ0) is 35.6. The average Bonchev–Trinajstić information content (AvgIpc) is 3.93. The van der Waals surface area contributed by atoms with Crippen molar-refractivity contribution >= 4 is 49.8 Å². The van der Waals surface area contributed by atoms with Crippen molar-refractivity contribution in [2.24, 2.45) is 0 Å². The Hall–Kier alpha value is -6.38. The van der Waals surface area contributed by atoms with Crippen LogP contribution in [0.5, 0.6) is 0 Å². The number of para-hydroxylation sites is 2. The van der Waals surface area contributed by atoms with E-state index >= 15 is 0 Å². The standard InChI is InChI=1S/C52H39NO/c1-3-15-36(16-4-1)49(43-24-11-17-35-14-7-8-22-41(35)43)44-25-12-18-37-30-32-52(50(37)44)33-31-38-19-13-26-46(51(38)52)53(39-20-5-2-6-21-39)40-28-29-48-45(34-40)42-23-9-10-27-47(42)54-48/h1-29,34,49H,30-33H2/t49?,52-/m1/s1. The highest BCUT2D eigenvalue weighted by Crippen LogP contribution is 2.59. The Morgan fingerprint density at radius 1 is 0.463 bits per heavy atom. The molecule has 2 aliphatic rings. The zero-order valence-corrected chi connectivity index (χ0v) is 30.1. The average molecular weight is 694 g/mol. The lowest BCUT2D eigenvalue weighted by Gasteiger charge is -2.36. The molecular weight excluding hydrogens is 655 g/mol. The molecule has 8 aromatic carbocycles. The lowest BCUT2D eigenvalue weighted by molar-refractivity contribution is 0.503. The third-order valence-corrected chi connectivity index (χ3v) is 12.4. The van der Waals surface area contributed by atoms with Crippen molar-refractivity contribution in [3.8, 4) is 0 Å². The molecule has 2 nitrogen and oxygen atoms in total. The predicted octanol–water partition coefficient (Wildman–Crippen LogP) is 13.6. The van der Waals surface area contributed by atoms with Gasteiger partial charge in [-0.2, -0.15) is 0 Å². The molecule has 2 aliphatic carbocycles. The Balaban J connectivity index is 1.15. The molecule has 0 fully saturated rings. The fourth-order valence-corrected chi connectivity index (χ4v) is 10.2. The Kier molecular flexibility index (Phi) is 7.13. The molecule has 258 valence electrons. The van der Waals surface area contributed by atoms with Gasteiger partial charge in [0.2, 0.25) is 0 Å². The highest BCUT2D eigenvalue weighted by atomic mass is 16.3. The third-order valence-electron chi connectivity index (χ3n) is 12.4. The number of hydrogen-bond acceptors (Lipinski definition) is 2. The number of fused-ring (bicyclic) bond motifs is 8. The van der Waals surface area contributed by atoms with Gasteiger partial charge in [0.1, 0.15) is 11.2 Å². The molecule has 0 amide bonds. The monoisotopic (exact) mass is 693 g/mol. The van der Waals surface area contributed by atoms with E-state index in [4.69, 9.17) is 4.42 Å². The molecule has 2 heteroatoms. The highest BCUT2D eigenvalue weighted by molar-refractivity contribution is 6.06. The van der Waals surface area contributed by atoms with Gasteiger partial charge in [-0.15, -0.1) is 0 Å². The maximum atomic E-state index is 6.30. The van der Waals surface area contributed by atoms with E-state index in [0.717, 1.165) is 59.0 Å². The van der Waals surface area contributed by atoms with Gasteiger partial charge in [-0.1, -0.05) is 140 Å². The predicted molar refractivity (Wildman–Crippen MR) is 224 cm³/mol. The van der Waals surface area contributed by atoms with Crippen molar-refractivity contribution in [1.29, 1.82) is 0 Å². The largest absolute Gasteiger partial charge is 0.456 e. The van der Waals surface area contributed by atoms with E-state index in [0.29, 0.717) is 0 Å². The van der Waals surface area contributed by atoms with Crippen LogP contribution in [0.25, 0.3) is 32.7 Å². The lowest BCUT2D eigenvalue weighted by atomic mass is 9.70. The van der Waals surface area contributed by atoms with Crippen LogP contribution in [0.2, 0.25) is 0 Å². The van der Waals surface area contributed by atoms with E-state index in [-0.39, 0.29) is 11.3 Å². The molecule has 54 heavy (non-hydrogen) atoms. The van der Waals surface area contributed by atoms with Crippen molar-refractivity contribution in [1.82, 2.24) is 0 Å². The van der Waals surface area contributed by atoms with Crippen LogP contribution in [-0.4, -0.2) is 0 Å². The van der Waals surface area contributed by atoms with Gasteiger partial charge in [0, 0.05) is 33.5 Å². The topological polar surface area (TPSA) is 16.4 Å². The van der Waals surface area contributed by atoms with Crippen LogP contribution in [0.3, 0.4) is 0 Å². The summed E-state index contributed by atoms with van der Waals surface area (Å²) in [4.78, 5) is 2.51. The molecule has 1 heterocycles. The first-order chi connectivity index (χ1) is 26.8. The second-order valence-corrected chi connectivity index (χ2v) is 15.1. The van der Waals surface area contributed by atoms with Crippen molar-refractivity contribution in [2.45, 2.75) is 37.0 Å². The second-order valence-electron chi connectivity index (χ2n) is 15.1. The molecule has 1 unspecified atom stereocenters. The molecule has 0 N–H and O–H groups in total. The minimum Gasteiger partial charge on any atom is -0.456 e. The van der Waals surface area contributed by atoms with Gasteiger partial charge in [0.25, 0.3) is 0 Å². The maximum Gasteiger partial charge on any atom is 0.135 e. The van der Waals surface area contributed by atoms with Crippen LogP contribution in [0.1, 0.15) is 57.7 Å². The second kappa shape index (κ2) is 12.4. The van der Waals surface area contributed by atoms with Gasteiger partial charge >= 0.3 is 0 Å². The van der Waals surface area contributed by atoms with Crippen molar-refractivity contribution in [2.75, 3.05) is 4.90 Å². The van der Waals surface area contributed by atoms with Gasteiger partial charge in [0.15, 0.2) is 0 Å². The molecule has 2 atom stereocenters. The summed E-state index contributed by atoms with van der Waals surface area (Å²) in [6.07, 6.45) is 4.35. The fourth-order valence-electron chi connectivity index (χ4n) is 10.2. The van der Waals surface area contributed by atoms with Gasteiger partial charge in [0.05, 0.1) is 5.69 Å². The number of benzene rings is 8. The van der Waals surface area contributed by atoms with Crippen LogP contribution < -0.4 is 4.90 Å². The minimum atomic E-state index is -0.116. The van der Waals surface area contributed by atoms with Crippen LogP contribution >= 0.6 is 0 Å². The van der Waals surface area contributed by atoms with E-state index < -0.39 is 0 Å². The summed E-state index contributed by atoms with van der Waals surface area (Å²) in [5.74, 6) is 0.0976.